The molecular weight excluding hydrogens is 374 g/mol. The number of carbonyl (C=O) groups is 2. The molecular formula is C22H27NO4S. The normalized spacial score (nSPS) is 14.1. The number of anilines is 1. The summed E-state index contributed by atoms with van der Waals surface area (Å²) in [6.07, 6.45) is 4.81. The Morgan fingerprint density at radius 1 is 1.14 bits per heavy atom. The minimum absolute atomic E-state index is 0.245. The van der Waals surface area contributed by atoms with Crippen LogP contribution in [-0.2, 0) is 28.8 Å². The van der Waals surface area contributed by atoms with Gasteiger partial charge in [0.05, 0.1) is 12.7 Å². The van der Waals surface area contributed by atoms with Gasteiger partial charge in [0.15, 0.2) is 6.10 Å². The Bertz CT molecular complexity index is 841. The van der Waals surface area contributed by atoms with Gasteiger partial charge in [0.2, 0.25) is 0 Å². The third-order valence-corrected chi connectivity index (χ3v) is 6.28. The van der Waals surface area contributed by atoms with Crippen LogP contribution in [-0.4, -0.2) is 25.1 Å². The quantitative estimate of drug-likeness (QED) is 0.679. The number of fused-ring (bicyclic) bond motifs is 1. The fourth-order valence-electron chi connectivity index (χ4n) is 3.45. The van der Waals surface area contributed by atoms with E-state index in [2.05, 4.69) is 12.2 Å². The van der Waals surface area contributed by atoms with Crippen LogP contribution in [0.4, 0.5) is 5.00 Å². The van der Waals surface area contributed by atoms with Gasteiger partial charge in [-0.15, -0.1) is 11.3 Å². The number of hydrogen-bond donors (Lipinski definition) is 1. The molecule has 0 bridgehead atoms. The molecule has 0 aliphatic heterocycles. The molecule has 1 atom stereocenters. The molecule has 1 aromatic heterocycles. The molecule has 1 aliphatic rings. The van der Waals surface area contributed by atoms with E-state index in [1.807, 2.05) is 31.2 Å². The van der Waals surface area contributed by atoms with Crippen molar-refractivity contribution in [1.29, 1.82) is 0 Å². The molecule has 0 fully saturated rings. The summed E-state index contributed by atoms with van der Waals surface area (Å²) in [4.78, 5) is 26.4. The van der Waals surface area contributed by atoms with E-state index in [9.17, 15) is 9.59 Å². The SMILES string of the molecule is CCc1ccc(O[C@H](CC)C(=O)Nc2sc3c(c2C(=O)OC)CCCC3)cc1. The molecule has 1 heterocycles. The average molecular weight is 402 g/mol. The van der Waals surface area contributed by atoms with Gasteiger partial charge in [0.1, 0.15) is 10.8 Å². The lowest BCUT2D eigenvalue weighted by molar-refractivity contribution is -0.122. The van der Waals surface area contributed by atoms with E-state index in [0.717, 1.165) is 37.7 Å². The molecule has 0 saturated carbocycles. The van der Waals surface area contributed by atoms with Crippen LogP contribution in [0.1, 0.15) is 59.5 Å². The molecule has 2 aromatic rings. The van der Waals surface area contributed by atoms with Crippen LogP contribution in [0.15, 0.2) is 24.3 Å². The van der Waals surface area contributed by atoms with Gasteiger partial charge in [-0.1, -0.05) is 26.0 Å². The number of ether oxygens (including phenoxy) is 2. The van der Waals surface area contributed by atoms with Crippen molar-refractivity contribution in [3.63, 3.8) is 0 Å². The first-order valence-electron chi connectivity index (χ1n) is 9.86. The minimum atomic E-state index is -0.628. The lowest BCUT2D eigenvalue weighted by Gasteiger charge is -2.17. The molecule has 0 saturated heterocycles. The summed E-state index contributed by atoms with van der Waals surface area (Å²) < 4.78 is 10.9. The number of hydrogen-bond acceptors (Lipinski definition) is 5. The maximum absolute atomic E-state index is 12.9. The van der Waals surface area contributed by atoms with Crippen LogP contribution in [0.5, 0.6) is 5.75 Å². The van der Waals surface area contributed by atoms with Gasteiger partial charge in [-0.2, -0.15) is 0 Å². The first-order chi connectivity index (χ1) is 13.6. The predicted octanol–water partition coefficient (Wildman–Crippen LogP) is 4.77. The molecule has 1 aromatic carbocycles. The Balaban J connectivity index is 1.78. The van der Waals surface area contributed by atoms with Crippen molar-refractivity contribution in [2.45, 2.75) is 58.5 Å². The lowest BCUT2D eigenvalue weighted by Crippen LogP contribution is -2.32. The second-order valence-corrected chi connectivity index (χ2v) is 8.01. The Morgan fingerprint density at radius 2 is 1.86 bits per heavy atom. The molecule has 1 N–H and O–H groups in total. The van der Waals surface area contributed by atoms with Crippen molar-refractivity contribution in [3.8, 4) is 5.75 Å². The van der Waals surface area contributed by atoms with Gasteiger partial charge in [-0.25, -0.2) is 4.79 Å². The number of benzene rings is 1. The summed E-state index contributed by atoms with van der Waals surface area (Å²) in [6.45, 7) is 4.00. The van der Waals surface area contributed by atoms with Gasteiger partial charge in [0, 0.05) is 4.88 Å². The van der Waals surface area contributed by atoms with Crippen molar-refractivity contribution in [3.05, 3.63) is 45.8 Å². The summed E-state index contributed by atoms with van der Waals surface area (Å²) in [5.74, 6) is 0.0301. The summed E-state index contributed by atoms with van der Waals surface area (Å²) in [7, 11) is 1.37. The molecule has 1 amide bonds. The second-order valence-electron chi connectivity index (χ2n) is 6.91. The third-order valence-electron chi connectivity index (χ3n) is 5.07. The van der Waals surface area contributed by atoms with Crippen LogP contribution in [0.2, 0.25) is 0 Å². The average Bonchev–Trinajstić information content (AvgIpc) is 3.09. The van der Waals surface area contributed by atoms with E-state index < -0.39 is 6.10 Å². The highest BCUT2D eigenvalue weighted by Gasteiger charge is 2.28. The van der Waals surface area contributed by atoms with Crippen molar-refractivity contribution in [2.24, 2.45) is 0 Å². The fraction of sp³-hybridized carbons (Fsp3) is 0.455. The van der Waals surface area contributed by atoms with E-state index in [0.29, 0.717) is 22.7 Å². The van der Waals surface area contributed by atoms with Crippen molar-refractivity contribution < 1.29 is 19.1 Å². The largest absolute Gasteiger partial charge is 0.481 e. The Morgan fingerprint density at radius 3 is 2.50 bits per heavy atom. The number of amides is 1. The highest BCUT2D eigenvalue weighted by atomic mass is 32.1. The van der Waals surface area contributed by atoms with Gasteiger partial charge in [-0.3, -0.25) is 4.79 Å². The molecule has 0 radical (unpaired) electrons. The van der Waals surface area contributed by atoms with Crippen molar-refractivity contribution >= 4 is 28.2 Å². The molecule has 5 nitrogen and oxygen atoms in total. The predicted molar refractivity (Wildman–Crippen MR) is 111 cm³/mol. The lowest BCUT2D eigenvalue weighted by atomic mass is 9.95. The van der Waals surface area contributed by atoms with Crippen molar-refractivity contribution in [1.82, 2.24) is 0 Å². The third kappa shape index (κ3) is 4.38. The smallest absolute Gasteiger partial charge is 0.341 e. The number of methoxy groups -OCH3 is 1. The Kier molecular flexibility index (Phi) is 6.73. The summed E-state index contributed by atoms with van der Waals surface area (Å²) in [5, 5.41) is 3.51. The molecule has 3 rings (SSSR count). The number of carbonyl (C=O) groups excluding carboxylic acids is 2. The van der Waals surface area contributed by atoms with Gasteiger partial charge in [0.25, 0.3) is 5.91 Å². The highest BCUT2D eigenvalue weighted by molar-refractivity contribution is 7.17. The van der Waals surface area contributed by atoms with Crippen LogP contribution < -0.4 is 10.1 Å². The zero-order valence-corrected chi connectivity index (χ0v) is 17.5. The molecule has 1 aliphatic carbocycles. The molecule has 6 heteroatoms. The summed E-state index contributed by atoms with van der Waals surface area (Å²) in [5.41, 5.74) is 2.76. The zero-order chi connectivity index (χ0) is 20.1. The number of aryl methyl sites for hydroxylation is 2. The molecule has 28 heavy (non-hydrogen) atoms. The van der Waals surface area contributed by atoms with Crippen LogP contribution in [0, 0.1) is 0 Å². The molecule has 150 valence electrons. The Labute approximate surface area is 170 Å². The maximum atomic E-state index is 12.9. The number of nitrogens with one attached hydrogen (secondary N) is 1. The molecule has 0 unspecified atom stereocenters. The second kappa shape index (κ2) is 9.24. The van der Waals surface area contributed by atoms with Gasteiger partial charge >= 0.3 is 5.97 Å². The number of esters is 1. The number of thiophene rings is 1. The van der Waals surface area contributed by atoms with Gasteiger partial charge < -0.3 is 14.8 Å². The maximum Gasteiger partial charge on any atom is 0.341 e. The van der Waals surface area contributed by atoms with E-state index in [1.165, 1.54) is 28.9 Å². The van der Waals surface area contributed by atoms with Gasteiger partial charge in [-0.05, 0) is 61.8 Å². The number of rotatable bonds is 7. The van der Waals surface area contributed by atoms with Crippen LogP contribution >= 0.6 is 11.3 Å². The van der Waals surface area contributed by atoms with E-state index in [-0.39, 0.29) is 11.9 Å². The zero-order valence-electron chi connectivity index (χ0n) is 16.7. The summed E-state index contributed by atoms with van der Waals surface area (Å²) in [6, 6.07) is 7.78. The standard InChI is InChI=1S/C22H27NO4S/c1-4-14-10-12-15(13-11-14)27-17(5-2)20(24)23-21-19(22(25)26-3)16-8-6-7-9-18(16)28-21/h10-13,17H,4-9H2,1-3H3,(H,23,24)/t17-/m1/s1. The van der Waals surface area contributed by atoms with Crippen LogP contribution in [0.25, 0.3) is 0 Å². The van der Waals surface area contributed by atoms with E-state index >= 15 is 0 Å². The Hall–Kier alpha value is -2.34. The van der Waals surface area contributed by atoms with Crippen molar-refractivity contribution in [2.75, 3.05) is 12.4 Å². The monoisotopic (exact) mass is 401 g/mol. The highest BCUT2D eigenvalue weighted by Crippen LogP contribution is 2.38. The topological polar surface area (TPSA) is 64.6 Å². The molecule has 0 spiro atoms. The minimum Gasteiger partial charge on any atom is -0.481 e. The van der Waals surface area contributed by atoms with E-state index in [4.69, 9.17) is 9.47 Å². The summed E-state index contributed by atoms with van der Waals surface area (Å²) >= 11 is 1.48. The van der Waals surface area contributed by atoms with E-state index in [1.54, 1.807) is 0 Å². The van der Waals surface area contributed by atoms with Crippen LogP contribution in [0.3, 0.4) is 0 Å². The first kappa shape index (κ1) is 20.4. The first-order valence-corrected chi connectivity index (χ1v) is 10.7. The fourth-order valence-corrected chi connectivity index (χ4v) is 4.73.